The van der Waals surface area contributed by atoms with Gasteiger partial charge in [-0.2, -0.15) is 0 Å². The maximum atomic E-state index is 4.08. The Morgan fingerprint density at radius 1 is 0.800 bits per heavy atom. The molecule has 0 spiro atoms. The molecule has 0 aliphatic heterocycles. The number of hydrogen-bond acceptors (Lipinski definition) is 0. The predicted molar refractivity (Wildman–Crippen MR) is 96.1 cm³/mol. The second kappa shape index (κ2) is 3.62. The molecule has 0 N–H and O–H groups in total. The van der Waals surface area contributed by atoms with Gasteiger partial charge < -0.3 is 0 Å². The Kier molecular flexibility index (Phi) is 2.46. The van der Waals surface area contributed by atoms with Gasteiger partial charge in [0, 0.05) is 10.8 Å². The first kappa shape index (κ1) is 13.6. The molecule has 0 radical (unpaired) electrons. The summed E-state index contributed by atoms with van der Waals surface area (Å²) in [5.74, 6) is 1.58. The van der Waals surface area contributed by atoms with Gasteiger partial charge in [0.1, 0.15) is 0 Å². The van der Waals surface area contributed by atoms with Crippen LogP contribution in [0.4, 0.5) is 0 Å². The molecular weight excluding hydrogens is 512 g/mol. The maximum Gasteiger partial charge on any atom is 0.0936 e. The van der Waals surface area contributed by atoms with Crippen LogP contribution >= 0.6 is 63.7 Å². The standard InChI is InChI=1S/C16H14Br4/c17-15(18)11-7-13-5-9-3-1-2-4-10(9)6-14(13,8-12(11)15)16(13,19)20/h1-4,11-12H,5-8H2/t11-,12+,13+,14-. The highest BCUT2D eigenvalue weighted by Gasteiger charge is 2.90. The number of hydrogen-bond donors (Lipinski definition) is 0. The molecule has 0 amide bonds. The SMILES string of the molecule is BrC1(Br)[C@@H]2C[C@@]34Cc5ccccc5C[C@]3(C[C@@H]21)C4(Br)Br. The number of alkyl halides is 4. The number of fused-ring (bicyclic) bond motifs is 2. The van der Waals surface area contributed by atoms with Crippen LogP contribution in [0.3, 0.4) is 0 Å². The fourth-order valence-electron chi connectivity index (χ4n) is 5.41. The van der Waals surface area contributed by atoms with Gasteiger partial charge in [-0.05, 0) is 48.6 Å². The van der Waals surface area contributed by atoms with E-state index in [1.165, 1.54) is 25.7 Å². The highest BCUT2D eigenvalue weighted by Crippen LogP contribution is 2.93. The van der Waals surface area contributed by atoms with Crippen molar-refractivity contribution in [3.8, 4) is 0 Å². The third kappa shape index (κ3) is 1.24. The highest BCUT2D eigenvalue weighted by atomic mass is 79.9. The van der Waals surface area contributed by atoms with Gasteiger partial charge in [-0.15, -0.1) is 0 Å². The van der Waals surface area contributed by atoms with E-state index in [0.29, 0.717) is 10.8 Å². The van der Waals surface area contributed by atoms with E-state index < -0.39 is 0 Å². The van der Waals surface area contributed by atoms with Gasteiger partial charge in [-0.25, -0.2) is 0 Å². The molecule has 1 aromatic carbocycles. The van der Waals surface area contributed by atoms with Gasteiger partial charge in [0.15, 0.2) is 0 Å². The molecule has 4 heteroatoms. The highest BCUT2D eigenvalue weighted by molar-refractivity contribution is 9.26. The zero-order chi connectivity index (χ0) is 14.0. The largest absolute Gasteiger partial charge is 0.0936 e. The molecule has 0 aromatic heterocycles. The minimum absolute atomic E-state index is 0.141. The minimum atomic E-state index is 0.141. The van der Waals surface area contributed by atoms with Gasteiger partial charge in [0.25, 0.3) is 0 Å². The molecule has 0 saturated heterocycles. The molecular formula is C16H14Br4. The van der Waals surface area contributed by atoms with Crippen LogP contribution in [0.2, 0.25) is 0 Å². The van der Waals surface area contributed by atoms with E-state index >= 15 is 0 Å². The van der Waals surface area contributed by atoms with Crippen LogP contribution in [0.25, 0.3) is 0 Å². The summed E-state index contributed by atoms with van der Waals surface area (Å²) in [6.45, 7) is 0. The Hall–Kier alpha value is 1.14. The predicted octanol–water partition coefficient (Wildman–Crippen LogP) is 5.78. The van der Waals surface area contributed by atoms with Crippen molar-refractivity contribution in [2.45, 2.75) is 32.2 Å². The number of benzene rings is 1. The van der Waals surface area contributed by atoms with Gasteiger partial charge in [-0.1, -0.05) is 88.0 Å². The first-order valence-corrected chi connectivity index (χ1v) is 10.4. The molecule has 0 unspecified atom stereocenters. The molecule has 5 rings (SSSR count). The summed E-state index contributed by atoms with van der Waals surface area (Å²) in [6.07, 6.45) is 5.08. The number of halogens is 4. The molecule has 0 bridgehead atoms. The zero-order valence-corrected chi connectivity index (χ0v) is 17.1. The summed E-state index contributed by atoms with van der Waals surface area (Å²) in [4.78, 5) is 0. The lowest BCUT2D eigenvalue weighted by Crippen LogP contribution is -2.29. The van der Waals surface area contributed by atoms with E-state index in [-0.39, 0.29) is 6.47 Å². The second-order valence-electron chi connectivity index (χ2n) is 7.16. The molecule has 0 nitrogen and oxygen atoms in total. The van der Waals surface area contributed by atoms with Crippen molar-refractivity contribution in [3.05, 3.63) is 35.4 Å². The molecule has 3 saturated carbocycles. The summed E-state index contributed by atoms with van der Waals surface area (Å²) in [5.41, 5.74) is 3.94. The van der Waals surface area contributed by atoms with Crippen LogP contribution < -0.4 is 0 Å². The lowest BCUT2D eigenvalue weighted by Gasteiger charge is -2.34. The smallest absolute Gasteiger partial charge is 0.0721 e. The Morgan fingerprint density at radius 3 is 1.70 bits per heavy atom. The van der Waals surface area contributed by atoms with Crippen molar-refractivity contribution in [1.29, 1.82) is 0 Å². The Morgan fingerprint density at radius 2 is 1.25 bits per heavy atom. The van der Waals surface area contributed by atoms with Crippen molar-refractivity contribution < 1.29 is 0 Å². The van der Waals surface area contributed by atoms with Crippen molar-refractivity contribution >= 4 is 63.7 Å². The van der Waals surface area contributed by atoms with Crippen molar-refractivity contribution in [1.82, 2.24) is 0 Å². The van der Waals surface area contributed by atoms with E-state index in [0.717, 1.165) is 11.8 Å². The average Bonchev–Trinajstić information content (AvgIpc) is 3.09. The third-order valence-corrected chi connectivity index (χ3v) is 12.0. The second-order valence-corrected chi connectivity index (χ2v) is 14.3. The Bertz CT molecular complexity index is 586. The lowest BCUT2D eigenvalue weighted by atomic mass is 9.69. The molecule has 4 aliphatic rings. The Balaban J connectivity index is 1.64. The minimum Gasteiger partial charge on any atom is -0.0721 e. The van der Waals surface area contributed by atoms with Crippen LogP contribution in [-0.4, -0.2) is 6.47 Å². The van der Waals surface area contributed by atoms with E-state index in [1.54, 1.807) is 11.1 Å². The van der Waals surface area contributed by atoms with Crippen molar-refractivity contribution in [3.63, 3.8) is 0 Å². The van der Waals surface area contributed by atoms with Crippen LogP contribution in [0, 0.1) is 22.7 Å². The van der Waals surface area contributed by atoms with E-state index in [1.807, 2.05) is 0 Å². The van der Waals surface area contributed by atoms with E-state index in [4.69, 9.17) is 0 Å². The molecule has 1 aromatic rings. The monoisotopic (exact) mass is 522 g/mol. The van der Waals surface area contributed by atoms with Gasteiger partial charge in [0.05, 0.1) is 6.47 Å². The first-order valence-electron chi connectivity index (χ1n) is 7.18. The summed E-state index contributed by atoms with van der Waals surface area (Å²) < 4.78 is 0.364. The molecule has 0 heterocycles. The third-order valence-electron chi connectivity index (χ3n) is 6.66. The fraction of sp³-hybridized carbons (Fsp3) is 0.625. The lowest BCUT2D eigenvalue weighted by molar-refractivity contribution is 0.211. The van der Waals surface area contributed by atoms with Crippen molar-refractivity contribution in [2.75, 3.05) is 0 Å². The van der Waals surface area contributed by atoms with E-state index in [2.05, 4.69) is 88.0 Å². The van der Waals surface area contributed by atoms with Crippen LogP contribution in [0.1, 0.15) is 24.0 Å². The molecule has 3 fully saturated rings. The normalized spacial score (nSPS) is 48.4. The van der Waals surface area contributed by atoms with Crippen LogP contribution in [0.5, 0.6) is 0 Å². The summed E-state index contributed by atoms with van der Waals surface area (Å²) >= 11 is 16.0. The van der Waals surface area contributed by atoms with Gasteiger partial charge >= 0.3 is 0 Å². The molecule has 4 atom stereocenters. The average molecular weight is 526 g/mol. The number of rotatable bonds is 0. The quantitative estimate of drug-likeness (QED) is 0.377. The summed E-state index contributed by atoms with van der Waals surface area (Å²) in [5, 5.41) is 0. The molecule has 20 heavy (non-hydrogen) atoms. The summed E-state index contributed by atoms with van der Waals surface area (Å²) in [7, 11) is 0. The first-order chi connectivity index (χ1) is 9.36. The fourth-order valence-corrected chi connectivity index (χ4v) is 9.60. The molecule has 4 aliphatic carbocycles. The van der Waals surface area contributed by atoms with Gasteiger partial charge in [0.2, 0.25) is 0 Å². The zero-order valence-electron chi connectivity index (χ0n) is 10.8. The van der Waals surface area contributed by atoms with Crippen LogP contribution in [-0.2, 0) is 12.8 Å². The van der Waals surface area contributed by atoms with Crippen molar-refractivity contribution in [2.24, 2.45) is 22.7 Å². The Labute approximate surface area is 153 Å². The maximum absolute atomic E-state index is 4.08. The molecule has 106 valence electrons. The van der Waals surface area contributed by atoms with E-state index in [9.17, 15) is 0 Å². The topological polar surface area (TPSA) is 0 Å². The summed E-state index contributed by atoms with van der Waals surface area (Å²) in [6, 6.07) is 9.04. The van der Waals surface area contributed by atoms with Crippen LogP contribution in [0.15, 0.2) is 24.3 Å². The van der Waals surface area contributed by atoms with Gasteiger partial charge in [-0.3, -0.25) is 0 Å².